The number of hydrogen-bond acceptors (Lipinski definition) is 3. The number of nitrogens with zero attached hydrogens (tertiary/aromatic N) is 4. The van der Waals surface area contributed by atoms with Crippen molar-refractivity contribution < 1.29 is 14.7 Å². The zero-order chi connectivity index (χ0) is 24.0. The molecule has 9 heteroatoms. The summed E-state index contributed by atoms with van der Waals surface area (Å²) in [5, 5.41) is 12.7. The van der Waals surface area contributed by atoms with Gasteiger partial charge in [-0.15, -0.1) is 0 Å². The first kappa shape index (κ1) is 22.5. The van der Waals surface area contributed by atoms with E-state index >= 15 is 0 Å². The molecule has 1 saturated heterocycles. The summed E-state index contributed by atoms with van der Waals surface area (Å²) in [4.78, 5) is 30.8. The van der Waals surface area contributed by atoms with Crippen LogP contribution in [0.5, 0.6) is 0 Å². The molecule has 0 radical (unpaired) electrons. The average Bonchev–Trinajstić information content (AvgIpc) is 3.34. The Labute approximate surface area is 205 Å². The molecule has 1 atom stereocenters. The summed E-state index contributed by atoms with van der Waals surface area (Å²) < 4.78 is 5.34. The van der Waals surface area contributed by atoms with Gasteiger partial charge in [-0.25, -0.2) is 9.78 Å². The van der Waals surface area contributed by atoms with Gasteiger partial charge < -0.3 is 24.5 Å². The van der Waals surface area contributed by atoms with Crippen LogP contribution in [0.3, 0.4) is 0 Å². The molecule has 0 bridgehead atoms. The van der Waals surface area contributed by atoms with Crippen LogP contribution in [0.4, 0.5) is 4.79 Å². The highest BCUT2D eigenvalue weighted by Gasteiger charge is 2.26. The minimum Gasteiger partial charge on any atom is -0.465 e. The van der Waals surface area contributed by atoms with Crippen LogP contribution in [0.15, 0.2) is 46.9 Å². The van der Waals surface area contributed by atoms with E-state index in [0.717, 1.165) is 57.3 Å². The molecule has 0 unspecified atom stereocenters. The quantitative estimate of drug-likeness (QED) is 0.399. The van der Waals surface area contributed by atoms with Gasteiger partial charge in [0, 0.05) is 53.7 Å². The van der Waals surface area contributed by atoms with Crippen molar-refractivity contribution in [1.82, 2.24) is 24.3 Å². The molecular formula is C25H26BrN5O3. The number of likely N-dealkylation sites (tertiary alicyclic amines) is 1. The Kier molecular flexibility index (Phi) is 5.81. The molecular weight excluding hydrogens is 498 g/mol. The Hall–Kier alpha value is -3.33. The summed E-state index contributed by atoms with van der Waals surface area (Å²) in [6.07, 6.45) is 0.448. The van der Waals surface area contributed by atoms with E-state index in [-0.39, 0.29) is 11.9 Å². The highest BCUT2D eigenvalue weighted by Crippen LogP contribution is 2.31. The lowest BCUT2D eigenvalue weighted by Gasteiger charge is -2.32. The van der Waals surface area contributed by atoms with E-state index in [1.54, 1.807) is 4.90 Å². The third-order valence-electron chi connectivity index (χ3n) is 6.58. The van der Waals surface area contributed by atoms with Crippen molar-refractivity contribution in [2.75, 3.05) is 13.1 Å². The Morgan fingerprint density at radius 3 is 2.76 bits per heavy atom. The second-order valence-corrected chi connectivity index (χ2v) is 9.63. The fraction of sp³-hybridized carbons (Fsp3) is 0.320. The van der Waals surface area contributed by atoms with Gasteiger partial charge in [0.1, 0.15) is 0 Å². The van der Waals surface area contributed by atoms with E-state index in [1.807, 2.05) is 31.3 Å². The molecule has 0 saturated carbocycles. The molecule has 34 heavy (non-hydrogen) atoms. The van der Waals surface area contributed by atoms with Gasteiger partial charge in [-0.3, -0.25) is 4.79 Å². The molecule has 1 aliphatic rings. The van der Waals surface area contributed by atoms with Gasteiger partial charge in [0.15, 0.2) is 5.82 Å². The van der Waals surface area contributed by atoms with Crippen LogP contribution >= 0.6 is 15.9 Å². The molecule has 8 nitrogen and oxygen atoms in total. The molecule has 2 aromatic carbocycles. The number of benzene rings is 2. The molecule has 2 aromatic heterocycles. The SMILES string of the molecule is CCn1c(-c2nc3cc(C(=O)N4CCC[C@@H](NC(=O)O)C4)ccc3n2C)cc2ccc(Br)cc21. The number of nitrogens with one attached hydrogen (secondary N) is 1. The Morgan fingerprint density at radius 2 is 2.00 bits per heavy atom. The van der Waals surface area contributed by atoms with Crippen molar-refractivity contribution in [3.05, 3.63) is 52.5 Å². The third-order valence-corrected chi connectivity index (χ3v) is 7.07. The van der Waals surface area contributed by atoms with Gasteiger partial charge in [-0.1, -0.05) is 22.0 Å². The third kappa shape index (κ3) is 3.94. The van der Waals surface area contributed by atoms with E-state index in [1.165, 1.54) is 0 Å². The lowest BCUT2D eigenvalue weighted by molar-refractivity contribution is 0.0692. The largest absolute Gasteiger partial charge is 0.465 e. The molecule has 5 rings (SSSR count). The van der Waals surface area contributed by atoms with Crippen LogP contribution in [0.1, 0.15) is 30.1 Å². The smallest absolute Gasteiger partial charge is 0.404 e. The Morgan fingerprint density at radius 1 is 1.18 bits per heavy atom. The number of fused-ring (bicyclic) bond motifs is 2. The molecule has 4 aromatic rings. The van der Waals surface area contributed by atoms with Crippen molar-refractivity contribution in [2.45, 2.75) is 32.4 Å². The van der Waals surface area contributed by atoms with Gasteiger partial charge >= 0.3 is 6.09 Å². The maximum atomic E-state index is 13.2. The van der Waals surface area contributed by atoms with E-state index < -0.39 is 6.09 Å². The number of aromatic nitrogens is 3. The summed E-state index contributed by atoms with van der Waals surface area (Å²) in [7, 11) is 1.99. The molecule has 2 N–H and O–H groups in total. The number of carbonyl (C=O) groups is 2. The lowest BCUT2D eigenvalue weighted by atomic mass is 10.0. The maximum absolute atomic E-state index is 13.2. The maximum Gasteiger partial charge on any atom is 0.404 e. The topological polar surface area (TPSA) is 92.4 Å². The van der Waals surface area contributed by atoms with Crippen molar-refractivity contribution in [1.29, 1.82) is 0 Å². The molecule has 1 fully saturated rings. The Balaban J connectivity index is 1.50. The number of halogens is 1. The lowest BCUT2D eigenvalue weighted by Crippen LogP contribution is -2.49. The highest BCUT2D eigenvalue weighted by molar-refractivity contribution is 9.10. The van der Waals surface area contributed by atoms with Gasteiger partial charge in [-0.05, 0) is 56.2 Å². The number of rotatable bonds is 4. The van der Waals surface area contributed by atoms with E-state index in [4.69, 9.17) is 10.1 Å². The predicted octanol–water partition coefficient (Wildman–Crippen LogP) is 4.85. The van der Waals surface area contributed by atoms with Crippen LogP contribution in [-0.4, -0.2) is 55.3 Å². The monoisotopic (exact) mass is 523 g/mol. The first-order valence-corrected chi connectivity index (χ1v) is 12.2. The van der Waals surface area contributed by atoms with Gasteiger partial charge in [0.2, 0.25) is 0 Å². The fourth-order valence-corrected chi connectivity index (χ4v) is 5.30. The number of carbonyl (C=O) groups excluding carboxylic acids is 1. The molecule has 1 aliphatic heterocycles. The molecule has 176 valence electrons. The normalized spacial score (nSPS) is 16.3. The van der Waals surface area contributed by atoms with Crippen molar-refractivity contribution in [3.8, 4) is 11.5 Å². The number of amides is 2. The number of imidazole rings is 1. The minimum atomic E-state index is -1.06. The first-order valence-electron chi connectivity index (χ1n) is 11.4. The zero-order valence-corrected chi connectivity index (χ0v) is 20.7. The standard InChI is InChI=1S/C25H26BrN5O3/c1-3-31-21-13-17(26)8-6-15(21)12-22(31)23-28-19-11-16(7-9-20(19)29(23)2)24(32)30-10-4-5-18(14-30)27-25(33)34/h6-9,11-13,18,27H,3-5,10,14H2,1-2H3,(H,33,34)/t18-/m1/s1. The number of hydrogen-bond donors (Lipinski definition) is 2. The summed E-state index contributed by atoms with van der Waals surface area (Å²) in [6.45, 7) is 3.92. The van der Waals surface area contributed by atoms with Crippen molar-refractivity contribution in [3.63, 3.8) is 0 Å². The van der Waals surface area contributed by atoms with E-state index in [0.29, 0.717) is 18.7 Å². The number of carboxylic acid groups (broad SMARTS) is 1. The van der Waals surface area contributed by atoms with Crippen LogP contribution in [-0.2, 0) is 13.6 Å². The molecule has 0 aliphatic carbocycles. The van der Waals surface area contributed by atoms with Crippen molar-refractivity contribution in [2.24, 2.45) is 7.05 Å². The summed E-state index contributed by atoms with van der Waals surface area (Å²) in [5.41, 5.74) is 4.44. The number of piperidine rings is 1. The van der Waals surface area contributed by atoms with Gasteiger partial charge in [0.05, 0.1) is 16.7 Å². The minimum absolute atomic E-state index is 0.0986. The molecule has 0 spiro atoms. The van der Waals surface area contributed by atoms with Gasteiger partial charge in [-0.2, -0.15) is 0 Å². The van der Waals surface area contributed by atoms with Crippen LogP contribution < -0.4 is 5.32 Å². The van der Waals surface area contributed by atoms with Crippen LogP contribution in [0, 0.1) is 0 Å². The Bertz CT molecular complexity index is 1420. The number of aryl methyl sites for hydroxylation is 2. The van der Waals surface area contributed by atoms with E-state index in [9.17, 15) is 9.59 Å². The fourth-order valence-electron chi connectivity index (χ4n) is 4.95. The first-order chi connectivity index (χ1) is 16.4. The predicted molar refractivity (Wildman–Crippen MR) is 135 cm³/mol. The van der Waals surface area contributed by atoms with Crippen molar-refractivity contribution >= 4 is 49.9 Å². The van der Waals surface area contributed by atoms with Crippen LogP contribution in [0.2, 0.25) is 0 Å². The van der Waals surface area contributed by atoms with E-state index in [2.05, 4.69) is 55.5 Å². The second kappa shape index (κ2) is 8.79. The zero-order valence-electron chi connectivity index (χ0n) is 19.1. The molecule has 2 amide bonds. The van der Waals surface area contributed by atoms with Gasteiger partial charge in [0.25, 0.3) is 5.91 Å². The highest BCUT2D eigenvalue weighted by atomic mass is 79.9. The summed E-state index contributed by atoms with van der Waals surface area (Å²) in [5.74, 6) is 0.746. The summed E-state index contributed by atoms with van der Waals surface area (Å²) >= 11 is 3.57. The van der Waals surface area contributed by atoms with Crippen LogP contribution in [0.25, 0.3) is 33.5 Å². The molecule has 3 heterocycles. The summed E-state index contributed by atoms with van der Waals surface area (Å²) in [6, 6.07) is 13.8. The second-order valence-electron chi connectivity index (χ2n) is 8.71. The average molecular weight is 524 g/mol.